The van der Waals surface area contributed by atoms with Gasteiger partial charge in [-0.1, -0.05) is 23.7 Å². The third-order valence-corrected chi connectivity index (χ3v) is 3.12. The maximum absolute atomic E-state index is 11.7. The highest BCUT2D eigenvalue weighted by molar-refractivity contribution is 6.30. The lowest BCUT2D eigenvalue weighted by molar-refractivity contribution is -0.124. The molecule has 1 heterocycles. The summed E-state index contributed by atoms with van der Waals surface area (Å²) in [7, 11) is 0. The van der Waals surface area contributed by atoms with E-state index in [0.29, 0.717) is 24.4 Å². The third-order valence-electron chi connectivity index (χ3n) is 2.89. The number of benzene rings is 1. The SMILES string of the molecule is O=C(C=Cc1cccc(Cl)c1)NC1CCC(=O)NC1. The van der Waals surface area contributed by atoms with Crippen molar-refractivity contribution in [1.82, 2.24) is 10.6 Å². The Labute approximate surface area is 116 Å². The quantitative estimate of drug-likeness (QED) is 0.828. The molecule has 2 N–H and O–H groups in total. The summed E-state index contributed by atoms with van der Waals surface area (Å²) in [6, 6.07) is 7.28. The summed E-state index contributed by atoms with van der Waals surface area (Å²) in [4.78, 5) is 22.7. The fourth-order valence-electron chi connectivity index (χ4n) is 1.89. The van der Waals surface area contributed by atoms with Crippen LogP contribution in [0, 0.1) is 0 Å². The smallest absolute Gasteiger partial charge is 0.244 e. The van der Waals surface area contributed by atoms with Crippen LogP contribution in [0.3, 0.4) is 0 Å². The summed E-state index contributed by atoms with van der Waals surface area (Å²) in [5.41, 5.74) is 0.875. The minimum Gasteiger partial charge on any atom is -0.354 e. The van der Waals surface area contributed by atoms with Crippen molar-refractivity contribution in [2.24, 2.45) is 0 Å². The Morgan fingerprint density at radius 3 is 3.00 bits per heavy atom. The molecule has 0 spiro atoms. The van der Waals surface area contributed by atoms with Crippen molar-refractivity contribution in [3.05, 3.63) is 40.9 Å². The van der Waals surface area contributed by atoms with Gasteiger partial charge in [0.2, 0.25) is 11.8 Å². The third kappa shape index (κ3) is 4.41. The normalized spacial score (nSPS) is 19.2. The molecule has 1 aromatic carbocycles. The predicted molar refractivity (Wildman–Crippen MR) is 74.7 cm³/mol. The molecule has 100 valence electrons. The van der Waals surface area contributed by atoms with Gasteiger partial charge in [0.05, 0.1) is 0 Å². The molecule has 1 saturated heterocycles. The largest absolute Gasteiger partial charge is 0.354 e. The first-order chi connectivity index (χ1) is 9.13. The zero-order valence-corrected chi connectivity index (χ0v) is 11.1. The van der Waals surface area contributed by atoms with Crippen molar-refractivity contribution < 1.29 is 9.59 Å². The second kappa shape index (κ2) is 6.38. The molecule has 1 aromatic rings. The monoisotopic (exact) mass is 278 g/mol. The lowest BCUT2D eigenvalue weighted by Crippen LogP contribution is -2.47. The van der Waals surface area contributed by atoms with Crippen LogP contribution in [0.2, 0.25) is 5.02 Å². The fourth-order valence-corrected chi connectivity index (χ4v) is 2.09. The first-order valence-electron chi connectivity index (χ1n) is 6.14. The predicted octanol–water partition coefficient (Wildman–Crippen LogP) is 1.75. The highest BCUT2D eigenvalue weighted by Crippen LogP contribution is 2.11. The average Bonchev–Trinajstić information content (AvgIpc) is 2.39. The second-order valence-electron chi connectivity index (χ2n) is 4.44. The number of nitrogens with one attached hydrogen (secondary N) is 2. The maximum Gasteiger partial charge on any atom is 0.244 e. The summed E-state index contributed by atoms with van der Waals surface area (Å²) in [5, 5.41) is 6.21. The van der Waals surface area contributed by atoms with Crippen molar-refractivity contribution in [2.75, 3.05) is 6.54 Å². The molecule has 4 nitrogen and oxygen atoms in total. The van der Waals surface area contributed by atoms with Gasteiger partial charge in [0, 0.05) is 30.1 Å². The van der Waals surface area contributed by atoms with E-state index in [4.69, 9.17) is 11.6 Å². The van der Waals surface area contributed by atoms with Crippen LogP contribution in [-0.2, 0) is 9.59 Å². The molecule has 1 aliphatic rings. The first-order valence-corrected chi connectivity index (χ1v) is 6.52. The Bertz CT molecular complexity index is 504. The molecular formula is C14H15ClN2O2. The minimum absolute atomic E-state index is 0.00853. The van der Waals surface area contributed by atoms with E-state index in [2.05, 4.69) is 10.6 Å². The van der Waals surface area contributed by atoms with Gasteiger partial charge in [-0.25, -0.2) is 0 Å². The van der Waals surface area contributed by atoms with E-state index in [0.717, 1.165) is 5.56 Å². The van der Waals surface area contributed by atoms with Gasteiger partial charge in [-0.15, -0.1) is 0 Å². The number of carbonyl (C=O) groups is 2. The van der Waals surface area contributed by atoms with Crippen molar-refractivity contribution >= 4 is 29.5 Å². The van der Waals surface area contributed by atoms with Crippen LogP contribution in [-0.4, -0.2) is 24.4 Å². The van der Waals surface area contributed by atoms with Crippen LogP contribution in [0.5, 0.6) is 0 Å². The van der Waals surface area contributed by atoms with Crippen LogP contribution in [0.4, 0.5) is 0 Å². The van der Waals surface area contributed by atoms with Gasteiger partial charge >= 0.3 is 0 Å². The van der Waals surface area contributed by atoms with Gasteiger partial charge < -0.3 is 10.6 Å². The van der Waals surface area contributed by atoms with Gasteiger partial charge in [-0.05, 0) is 30.2 Å². The van der Waals surface area contributed by atoms with Crippen molar-refractivity contribution in [3.63, 3.8) is 0 Å². The molecule has 2 amide bonds. The number of piperidine rings is 1. The average molecular weight is 279 g/mol. The van der Waals surface area contributed by atoms with E-state index in [1.807, 2.05) is 12.1 Å². The molecule has 0 aliphatic carbocycles. The van der Waals surface area contributed by atoms with Gasteiger partial charge in [-0.2, -0.15) is 0 Å². The summed E-state index contributed by atoms with van der Waals surface area (Å²) < 4.78 is 0. The molecule has 2 rings (SSSR count). The first kappa shape index (κ1) is 13.6. The number of amides is 2. The molecule has 5 heteroatoms. The summed E-state index contributed by atoms with van der Waals surface area (Å²) in [5.74, 6) is -0.124. The van der Waals surface area contributed by atoms with Crippen LogP contribution in [0.1, 0.15) is 18.4 Å². The Morgan fingerprint density at radius 2 is 2.32 bits per heavy atom. The van der Waals surface area contributed by atoms with Crippen molar-refractivity contribution in [3.8, 4) is 0 Å². The molecule has 1 fully saturated rings. The second-order valence-corrected chi connectivity index (χ2v) is 4.87. The Morgan fingerprint density at radius 1 is 1.47 bits per heavy atom. The van der Waals surface area contributed by atoms with E-state index in [1.54, 1.807) is 18.2 Å². The zero-order chi connectivity index (χ0) is 13.7. The summed E-state index contributed by atoms with van der Waals surface area (Å²) >= 11 is 5.85. The van der Waals surface area contributed by atoms with Crippen LogP contribution in [0.15, 0.2) is 30.3 Å². The minimum atomic E-state index is -0.166. The van der Waals surface area contributed by atoms with E-state index in [1.165, 1.54) is 6.08 Å². The molecule has 1 unspecified atom stereocenters. The molecular weight excluding hydrogens is 264 g/mol. The van der Waals surface area contributed by atoms with Crippen molar-refractivity contribution in [2.45, 2.75) is 18.9 Å². The van der Waals surface area contributed by atoms with Gasteiger partial charge in [0.1, 0.15) is 0 Å². The molecule has 0 aromatic heterocycles. The number of hydrogen-bond donors (Lipinski definition) is 2. The Balaban J connectivity index is 1.85. The maximum atomic E-state index is 11.7. The van der Waals surface area contributed by atoms with Gasteiger partial charge in [-0.3, -0.25) is 9.59 Å². The van der Waals surface area contributed by atoms with Crippen LogP contribution >= 0.6 is 11.6 Å². The van der Waals surface area contributed by atoms with E-state index >= 15 is 0 Å². The topological polar surface area (TPSA) is 58.2 Å². The lowest BCUT2D eigenvalue weighted by Gasteiger charge is -2.22. The highest BCUT2D eigenvalue weighted by Gasteiger charge is 2.18. The highest BCUT2D eigenvalue weighted by atomic mass is 35.5. The van der Waals surface area contributed by atoms with Gasteiger partial charge in [0.25, 0.3) is 0 Å². The van der Waals surface area contributed by atoms with E-state index in [-0.39, 0.29) is 17.9 Å². The summed E-state index contributed by atoms with van der Waals surface area (Å²) in [6.45, 7) is 0.496. The zero-order valence-electron chi connectivity index (χ0n) is 10.4. The molecule has 19 heavy (non-hydrogen) atoms. The lowest BCUT2D eigenvalue weighted by atomic mass is 10.1. The number of rotatable bonds is 3. The van der Waals surface area contributed by atoms with E-state index in [9.17, 15) is 9.59 Å². The number of halogens is 1. The van der Waals surface area contributed by atoms with Gasteiger partial charge in [0.15, 0.2) is 0 Å². The Hall–Kier alpha value is -1.81. The van der Waals surface area contributed by atoms with E-state index < -0.39 is 0 Å². The fraction of sp³-hybridized carbons (Fsp3) is 0.286. The number of carbonyl (C=O) groups excluding carboxylic acids is 2. The molecule has 0 saturated carbocycles. The number of hydrogen-bond acceptors (Lipinski definition) is 2. The molecule has 0 bridgehead atoms. The van der Waals surface area contributed by atoms with Crippen LogP contribution in [0.25, 0.3) is 6.08 Å². The van der Waals surface area contributed by atoms with Crippen molar-refractivity contribution in [1.29, 1.82) is 0 Å². The molecule has 0 radical (unpaired) electrons. The summed E-state index contributed by atoms with van der Waals surface area (Å²) in [6.07, 6.45) is 4.33. The Kier molecular flexibility index (Phi) is 4.58. The molecule has 1 aliphatic heterocycles. The van der Waals surface area contributed by atoms with Crippen LogP contribution < -0.4 is 10.6 Å². The molecule has 1 atom stereocenters. The standard InChI is InChI=1S/C14H15ClN2O2/c15-11-3-1-2-10(8-11)4-6-14(19)17-12-5-7-13(18)16-9-12/h1-4,6,8,12H,5,7,9H2,(H,16,18)(H,17,19).